The lowest BCUT2D eigenvalue weighted by atomic mass is 9.86. The van der Waals surface area contributed by atoms with Gasteiger partial charge in [-0.25, -0.2) is 0 Å². The average Bonchev–Trinajstić information content (AvgIpc) is 2.57. The molecule has 4 atom stereocenters. The normalized spacial score (nSPS) is 16.2. The molecule has 0 saturated heterocycles. The van der Waals surface area contributed by atoms with Gasteiger partial charge < -0.3 is 14.2 Å². The van der Waals surface area contributed by atoms with E-state index in [1.165, 1.54) is 0 Å². The summed E-state index contributed by atoms with van der Waals surface area (Å²) in [7, 11) is 0. The third-order valence-electron chi connectivity index (χ3n) is 4.84. The van der Waals surface area contributed by atoms with E-state index in [0.717, 1.165) is 18.4 Å². The number of rotatable bonds is 12. The third-order valence-corrected chi connectivity index (χ3v) is 4.84. The van der Waals surface area contributed by atoms with Crippen molar-refractivity contribution in [2.45, 2.75) is 86.0 Å². The van der Waals surface area contributed by atoms with Gasteiger partial charge in [-0.05, 0) is 63.9 Å². The smallest absolute Gasteiger partial charge is 0.306 e. The van der Waals surface area contributed by atoms with E-state index in [1.807, 2.05) is 51.1 Å². The first-order valence-electron chi connectivity index (χ1n) is 10.5. The molecule has 0 aromatic heterocycles. The summed E-state index contributed by atoms with van der Waals surface area (Å²) < 4.78 is 16.9. The Balaban J connectivity index is 2.22. The van der Waals surface area contributed by atoms with Gasteiger partial charge in [0.25, 0.3) is 0 Å². The van der Waals surface area contributed by atoms with Crippen LogP contribution in [0.2, 0.25) is 0 Å². The summed E-state index contributed by atoms with van der Waals surface area (Å²) in [6, 6.07) is 10.1. The van der Waals surface area contributed by atoms with Crippen molar-refractivity contribution in [1.82, 2.24) is 0 Å². The summed E-state index contributed by atoms with van der Waals surface area (Å²) in [5.74, 6) is 1.18. The second-order valence-corrected chi connectivity index (χ2v) is 9.27. The van der Waals surface area contributed by atoms with Crippen LogP contribution in [0.25, 0.3) is 0 Å². The maximum absolute atomic E-state index is 12.0. The van der Waals surface area contributed by atoms with Gasteiger partial charge in [-0.3, -0.25) is 4.79 Å². The highest BCUT2D eigenvalue weighted by molar-refractivity contribution is 5.70. The molecule has 0 bridgehead atoms. The molecule has 0 amide bonds. The Morgan fingerprint density at radius 2 is 1.61 bits per heavy atom. The highest BCUT2D eigenvalue weighted by Gasteiger charge is 2.21. The number of hydrogen-bond acceptors (Lipinski definition) is 4. The second-order valence-electron chi connectivity index (χ2n) is 9.27. The van der Waals surface area contributed by atoms with Gasteiger partial charge in [0.05, 0.1) is 12.7 Å². The molecule has 1 aromatic rings. The van der Waals surface area contributed by atoms with E-state index in [0.29, 0.717) is 37.6 Å². The molecule has 160 valence electrons. The summed E-state index contributed by atoms with van der Waals surface area (Å²) in [5, 5.41) is 0. The van der Waals surface area contributed by atoms with Gasteiger partial charge in [0.2, 0.25) is 0 Å². The molecule has 0 N–H and O–H groups in total. The summed E-state index contributed by atoms with van der Waals surface area (Å²) >= 11 is 0. The van der Waals surface area contributed by atoms with Crippen LogP contribution in [-0.2, 0) is 25.6 Å². The fourth-order valence-corrected chi connectivity index (χ4v) is 3.41. The highest BCUT2D eigenvalue weighted by Crippen LogP contribution is 2.25. The van der Waals surface area contributed by atoms with Crippen LogP contribution in [0.5, 0.6) is 0 Å². The first kappa shape index (κ1) is 24.6. The SMILES string of the molecule is C[C@@H](CC(=O)OC(C)(C)C)C[C@H](C)C[C@H](C)[C@@H](C)OCOCc1ccccc1. The maximum Gasteiger partial charge on any atom is 0.306 e. The van der Waals surface area contributed by atoms with Gasteiger partial charge in [-0.1, -0.05) is 51.1 Å². The van der Waals surface area contributed by atoms with Crippen molar-refractivity contribution in [2.24, 2.45) is 17.8 Å². The Morgan fingerprint density at radius 1 is 0.964 bits per heavy atom. The minimum Gasteiger partial charge on any atom is -0.460 e. The number of hydrogen-bond donors (Lipinski definition) is 0. The summed E-state index contributed by atoms with van der Waals surface area (Å²) in [6.45, 7) is 15.3. The van der Waals surface area contributed by atoms with Gasteiger partial charge in [-0.2, -0.15) is 0 Å². The van der Waals surface area contributed by atoms with Gasteiger partial charge in [0.1, 0.15) is 12.4 Å². The van der Waals surface area contributed by atoms with Crippen LogP contribution in [0, 0.1) is 17.8 Å². The average molecular weight is 393 g/mol. The van der Waals surface area contributed by atoms with Gasteiger partial charge in [0, 0.05) is 6.42 Å². The van der Waals surface area contributed by atoms with Crippen molar-refractivity contribution in [1.29, 1.82) is 0 Å². The molecule has 28 heavy (non-hydrogen) atoms. The molecule has 4 nitrogen and oxygen atoms in total. The summed E-state index contributed by atoms with van der Waals surface area (Å²) in [5.41, 5.74) is 0.742. The Kier molecular flexibility index (Phi) is 10.8. The number of carbonyl (C=O) groups is 1. The monoisotopic (exact) mass is 392 g/mol. The zero-order chi connectivity index (χ0) is 21.2. The molecule has 0 aliphatic rings. The molecule has 0 saturated carbocycles. The van der Waals surface area contributed by atoms with E-state index in [1.54, 1.807) is 0 Å². The van der Waals surface area contributed by atoms with E-state index >= 15 is 0 Å². The third kappa shape index (κ3) is 11.5. The van der Waals surface area contributed by atoms with Crippen molar-refractivity contribution in [3.05, 3.63) is 35.9 Å². The van der Waals surface area contributed by atoms with Crippen LogP contribution < -0.4 is 0 Å². The molecule has 1 rings (SSSR count). The number of ether oxygens (including phenoxy) is 3. The molecule has 0 unspecified atom stereocenters. The van der Waals surface area contributed by atoms with Gasteiger partial charge in [0.15, 0.2) is 0 Å². The molecular formula is C24H40O4. The van der Waals surface area contributed by atoms with E-state index in [4.69, 9.17) is 14.2 Å². The first-order chi connectivity index (χ1) is 13.1. The number of carbonyl (C=O) groups excluding carboxylic acids is 1. The molecule has 4 heteroatoms. The van der Waals surface area contributed by atoms with Crippen LogP contribution in [0.3, 0.4) is 0 Å². The Bertz CT molecular complexity index is 549. The molecule has 0 aliphatic heterocycles. The van der Waals surface area contributed by atoms with Gasteiger partial charge >= 0.3 is 5.97 Å². The molecule has 1 aromatic carbocycles. The summed E-state index contributed by atoms with van der Waals surface area (Å²) in [6.07, 6.45) is 2.70. The van der Waals surface area contributed by atoms with E-state index < -0.39 is 5.60 Å². The molecule has 0 fully saturated rings. The Hall–Kier alpha value is -1.39. The van der Waals surface area contributed by atoms with Crippen LogP contribution >= 0.6 is 0 Å². The fraction of sp³-hybridized carbons (Fsp3) is 0.708. The van der Waals surface area contributed by atoms with Crippen LogP contribution in [-0.4, -0.2) is 24.5 Å². The first-order valence-corrected chi connectivity index (χ1v) is 10.5. The topological polar surface area (TPSA) is 44.8 Å². The predicted octanol–water partition coefficient (Wildman–Crippen LogP) is 5.99. The standard InChI is InChI=1S/C24H40O4/c1-18(13-19(2)15-23(25)28-24(5,6)7)14-20(3)21(4)27-17-26-16-22-11-9-8-10-12-22/h8-12,18-21H,13-17H2,1-7H3/t18-,19+,20-,21+/m0/s1. The Labute approximate surface area is 172 Å². The molecule has 0 heterocycles. The summed E-state index contributed by atoms with van der Waals surface area (Å²) in [4.78, 5) is 12.0. The van der Waals surface area contributed by atoms with Crippen LogP contribution in [0.1, 0.15) is 73.3 Å². The molecule has 0 aliphatic carbocycles. The molecular weight excluding hydrogens is 352 g/mol. The molecule has 0 radical (unpaired) electrons. The minimum atomic E-state index is -0.410. The predicted molar refractivity (Wildman–Crippen MR) is 114 cm³/mol. The van der Waals surface area contributed by atoms with Crippen molar-refractivity contribution in [3.8, 4) is 0 Å². The number of benzene rings is 1. The lowest BCUT2D eigenvalue weighted by Crippen LogP contribution is -2.25. The molecule has 0 spiro atoms. The maximum atomic E-state index is 12.0. The number of esters is 1. The van der Waals surface area contributed by atoms with Gasteiger partial charge in [-0.15, -0.1) is 0 Å². The van der Waals surface area contributed by atoms with Crippen molar-refractivity contribution >= 4 is 5.97 Å². The second kappa shape index (κ2) is 12.2. The lowest BCUT2D eigenvalue weighted by molar-refractivity contribution is -0.156. The van der Waals surface area contributed by atoms with E-state index in [9.17, 15) is 4.79 Å². The van der Waals surface area contributed by atoms with Crippen LogP contribution in [0.15, 0.2) is 30.3 Å². The van der Waals surface area contributed by atoms with E-state index in [-0.39, 0.29) is 12.1 Å². The highest BCUT2D eigenvalue weighted by atomic mass is 16.7. The Morgan fingerprint density at radius 3 is 2.21 bits per heavy atom. The fourth-order valence-electron chi connectivity index (χ4n) is 3.41. The van der Waals surface area contributed by atoms with Crippen molar-refractivity contribution in [2.75, 3.05) is 6.79 Å². The van der Waals surface area contributed by atoms with Crippen molar-refractivity contribution < 1.29 is 19.0 Å². The van der Waals surface area contributed by atoms with Crippen molar-refractivity contribution in [3.63, 3.8) is 0 Å². The van der Waals surface area contributed by atoms with Crippen LogP contribution in [0.4, 0.5) is 0 Å². The minimum absolute atomic E-state index is 0.104. The lowest BCUT2D eigenvalue weighted by Gasteiger charge is -2.25. The quantitative estimate of drug-likeness (QED) is 0.249. The van der Waals surface area contributed by atoms with E-state index in [2.05, 4.69) is 27.7 Å². The zero-order valence-corrected chi connectivity index (χ0v) is 18.9. The zero-order valence-electron chi connectivity index (χ0n) is 18.9. The largest absolute Gasteiger partial charge is 0.460 e.